The predicted molar refractivity (Wildman–Crippen MR) is 405 cm³/mol. The van der Waals surface area contributed by atoms with Gasteiger partial charge in [-0.05, 0) is 209 Å². The quantitative estimate of drug-likeness (QED) is 0.0207. The maximum absolute atomic E-state index is 13.5. The number of phosphoric ester groups is 1. The van der Waals surface area contributed by atoms with Gasteiger partial charge in [0.1, 0.15) is 67.0 Å². The van der Waals surface area contributed by atoms with Crippen molar-refractivity contribution < 1.29 is 102 Å². The molecule has 4 amide bonds. The van der Waals surface area contributed by atoms with E-state index in [1.54, 1.807) is 0 Å². The fourth-order valence-corrected chi connectivity index (χ4v) is 13.9. The largest absolute Gasteiger partial charge is 0.756 e. The van der Waals surface area contributed by atoms with Gasteiger partial charge in [-0.1, -0.05) is 132 Å². The molecule has 25 nitrogen and oxygen atoms in total. The predicted octanol–water partition coefficient (Wildman–Crippen LogP) is 9.42. The highest BCUT2D eigenvalue weighted by molar-refractivity contribution is 7.45. The van der Waals surface area contributed by atoms with Crippen LogP contribution in [0.2, 0.25) is 0 Å². The lowest BCUT2D eigenvalue weighted by molar-refractivity contribution is -0.367. The summed E-state index contributed by atoms with van der Waals surface area (Å²) in [5.41, 5.74) is 12.9. The van der Waals surface area contributed by atoms with Gasteiger partial charge in [0.15, 0.2) is 18.9 Å². The van der Waals surface area contributed by atoms with Crippen LogP contribution in [0.15, 0.2) is 105 Å². The Balaban J connectivity index is 1.47. The number of carboxylic acid groups (broad SMARTS) is 2. The Hall–Kier alpha value is -5.77. The van der Waals surface area contributed by atoms with E-state index in [4.69, 9.17) is 32.7 Å². The third kappa shape index (κ3) is 37.7. The van der Waals surface area contributed by atoms with Crippen LogP contribution in [0.5, 0.6) is 0 Å². The highest BCUT2D eigenvalue weighted by Gasteiger charge is 2.56. The summed E-state index contributed by atoms with van der Waals surface area (Å²) < 4.78 is 53.0. The lowest BCUT2D eigenvalue weighted by Crippen LogP contribution is -2.75. The van der Waals surface area contributed by atoms with E-state index in [1.807, 2.05) is 6.92 Å². The summed E-state index contributed by atoms with van der Waals surface area (Å²) in [4.78, 5) is 89.3. The molecular weight excluding hydrogens is 1400 g/mol. The molecule has 3 aliphatic rings. The monoisotopic (exact) mass is 1530 g/mol. The summed E-state index contributed by atoms with van der Waals surface area (Å²) in [5.74, 6) is -6.93. The van der Waals surface area contributed by atoms with Gasteiger partial charge in [-0.15, -0.1) is 0 Å². The van der Waals surface area contributed by atoms with Crippen molar-refractivity contribution in [3.8, 4) is 0 Å². The number of amides is 4. The van der Waals surface area contributed by atoms with Crippen molar-refractivity contribution in [2.75, 3.05) is 13.2 Å². The Bertz CT molecular complexity index is 3150. The molecule has 17 atom stereocenters. The van der Waals surface area contributed by atoms with Crippen LogP contribution in [0.1, 0.15) is 252 Å². The minimum Gasteiger partial charge on any atom is -0.756 e. The second-order valence-corrected chi connectivity index (χ2v) is 31.6. The van der Waals surface area contributed by atoms with Crippen LogP contribution < -0.4 is 36.4 Å². The van der Waals surface area contributed by atoms with Crippen molar-refractivity contribution in [1.82, 2.24) is 21.3 Å². The fourth-order valence-electron chi connectivity index (χ4n) is 13.1. The van der Waals surface area contributed by atoms with Crippen molar-refractivity contribution >= 4 is 43.4 Å². The molecule has 0 aromatic carbocycles. The maximum atomic E-state index is 13.5. The molecule has 3 aliphatic heterocycles. The SMILES string of the molecule is CC(=O)N[C@@H]1[C@@H](NC(C)=O)[C@H](O[C@H]2[C@H](O)[C@@H](CO)O[C@H](OP(=O)([O-])OCCC(C)CC/C=C(/C)CC/C=C(/C)CC/C=C(/C)CC/C=C(/C)CC/C=C(/C)CC/C=C(/C)CC/C=C(/C)CC/C=C(\C)CC/C=C(\C)CCCC(C)C)[C@@H]2NC(C)=O)O[C@H](C(=O)[O-])[C@H]1O[C@@H]1O[C@H](C(=O)[O-])[C@@H](O)[C@H](O)[C@H]1NC(C)=O. The first kappa shape index (κ1) is 95.4. The van der Waals surface area contributed by atoms with E-state index in [0.717, 1.165) is 143 Å². The van der Waals surface area contributed by atoms with Gasteiger partial charge in [0.25, 0.3) is 7.82 Å². The van der Waals surface area contributed by atoms with E-state index >= 15 is 0 Å². The topological polar surface area (TPSA) is 382 Å². The molecule has 0 saturated carbocycles. The molecule has 3 fully saturated rings. The summed E-state index contributed by atoms with van der Waals surface area (Å²) in [6.45, 7) is 29.2. The lowest BCUT2D eigenvalue weighted by atomic mass is 9.91. The number of phosphoric acid groups is 1. The fraction of sp³-hybridized carbons (Fsp3) is 0.704. The molecule has 2 unspecified atom stereocenters. The van der Waals surface area contributed by atoms with Crippen molar-refractivity contribution in [3.63, 3.8) is 0 Å². The molecule has 0 spiro atoms. The van der Waals surface area contributed by atoms with Crippen molar-refractivity contribution in [3.05, 3.63) is 105 Å². The number of hydrogen-bond donors (Lipinski definition) is 8. The summed E-state index contributed by atoms with van der Waals surface area (Å²) in [6.07, 6.45) is 20.5. The number of rotatable bonds is 48. The van der Waals surface area contributed by atoms with Gasteiger partial charge in [-0.2, -0.15) is 0 Å². The molecular formula is C81H130N4O21P-3. The lowest BCUT2D eigenvalue weighted by Gasteiger charge is -2.52. The molecule has 3 saturated heterocycles. The molecule has 3 heterocycles. The summed E-state index contributed by atoms with van der Waals surface area (Å²) in [5, 5.41) is 77.8. The molecule has 0 aliphatic carbocycles. The standard InChI is InChI=1S/C81H133N4O21P/c1-50(2)27-17-28-51(3)29-18-30-52(4)31-19-32-53(5)33-20-34-54(6)35-21-36-55(7)37-22-38-56(8)39-23-40-57(9)41-24-42-58(10)43-25-44-59(11)45-26-46-60(12)47-48-100-107(98,99)106-81-69(85-64(16)90)73(70(91)65(49-86)101-81)102-79-67(83-62(14)88)66(82-61(13)87)74(76(105-79)78(96)97)103-80-68(84-63(15)89)71(92)72(93)75(104-80)77(94)95/h29,31,33,35,37,39,41,43,45,50,60,65-76,79-81,86,91-93H,17-28,30,32,34,36,38,40,42,44,46-49H2,1-16H3,(H,82,87)(H,83,88)(H,84,89)(H,85,90)(H,94,95)(H,96,97)(H,98,99)/p-3/b51-29+,52-31+,53-33-,54-35-,55-37-,56-39-,57-41-,58-43-,59-45-/t60?,65-,66-,67-,68-,69-,70-,71-,72+,73-,74+,75+,76+,79-,80-,81-/m1/s1. The number of carboxylic acids is 2. The van der Waals surface area contributed by atoms with Crippen LogP contribution >= 0.6 is 7.82 Å². The molecule has 0 bridgehead atoms. The van der Waals surface area contributed by atoms with E-state index in [0.29, 0.717) is 6.42 Å². The molecule has 26 heteroatoms. The smallest absolute Gasteiger partial charge is 0.270 e. The highest BCUT2D eigenvalue weighted by Crippen LogP contribution is 2.44. The molecule has 608 valence electrons. The van der Waals surface area contributed by atoms with E-state index in [-0.39, 0.29) is 18.9 Å². The first-order valence-corrected chi connectivity index (χ1v) is 39.8. The van der Waals surface area contributed by atoms with Crippen LogP contribution in [0.25, 0.3) is 0 Å². The number of carbonyl (C=O) groups is 6. The first-order chi connectivity index (χ1) is 50.4. The van der Waals surface area contributed by atoms with Gasteiger partial charge in [0, 0.05) is 27.7 Å². The molecule has 0 aromatic heterocycles. The number of ether oxygens (including phenoxy) is 5. The zero-order valence-electron chi connectivity index (χ0n) is 66.7. The van der Waals surface area contributed by atoms with Crippen molar-refractivity contribution in [2.45, 2.75) is 344 Å². The Morgan fingerprint density at radius 3 is 1.15 bits per heavy atom. The number of aliphatic hydroxyl groups is 4. The van der Waals surface area contributed by atoms with Gasteiger partial charge >= 0.3 is 0 Å². The van der Waals surface area contributed by atoms with Crippen molar-refractivity contribution in [2.24, 2.45) is 11.8 Å². The zero-order valence-corrected chi connectivity index (χ0v) is 67.6. The van der Waals surface area contributed by atoms with Gasteiger partial charge in [0.2, 0.25) is 23.6 Å². The third-order valence-corrected chi connectivity index (χ3v) is 20.4. The maximum Gasteiger partial charge on any atom is 0.270 e. The molecule has 0 radical (unpaired) electrons. The van der Waals surface area contributed by atoms with Crippen LogP contribution in [-0.4, -0.2) is 161 Å². The molecule has 3 rings (SSSR count). The molecule has 0 aromatic rings. The number of carbonyl (C=O) groups excluding carboxylic acids is 6. The normalized spacial score (nSPS) is 27.0. The molecule has 8 N–H and O–H groups in total. The second kappa shape index (κ2) is 50.2. The Morgan fingerprint density at radius 2 is 0.766 bits per heavy atom. The average Bonchev–Trinajstić information content (AvgIpc) is 0.759. The van der Waals surface area contributed by atoms with Gasteiger partial charge in [-0.3, -0.25) is 28.3 Å². The zero-order chi connectivity index (χ0) is 80.1. The van der Waals surface area contributed by atoms with E-state index < -0.39 is 142 Å². The number of nitrogens with one attached hydrogen (secondary N) is 4. The highest BCUT2D eigenvalue weighted by atomic mass is 31.2. The number of hydrogen-bond acceptors (Lipinski definition) is 21. The van der Waals surface area contributed by atoms with Gasteiger partial charge in [-0.25, -0.2) is 0 Å². The van der Waals surface area contributed by atoms with Gasteiger partial charge < -0.3 is 94.6 Å². The number of aliphatic carboxylic acids is 2. The van der Waals surface area contributed by atoms with Crippen LogP contribution in [0.4, 0.5) is 0 Å². The summed E-state index contributed by atoms with van der Waals surface area (Å²) in [7, 11) is -5.39. The first-order valence-electron chi connectivity index (χ1n) is 38.4. The number of aliphatic hydroxyl groups excluding tert-OH is 4. The minimum atomic E-state index is -5.39. The molecule has 107 heavy (non-hydrogen) atoms. The number of allylic oxidation sites excluding steroid dienone is 18. The Morgan fingerprint density at radius 1 is 0.421 bits per heavy atom. The van der Waals surface area contributed by atoms with E-state index in [9.17, 15) is 68.9 Å². The minimum absolute atomic E-state index is 0.0130. The average molecular weight is 1530 g/mol. The van der Waals surface area contributed by atoms with E-state index in [1.165, 1.54) is 69.4 Å². The van der Waals surface area contributed by atoms with Crippen LogP contribution in [-0.2, 0) is 66.1 Å². The third-order valence-electron chi connectivity index (χ3n) is 19.4. The second-order valence-electron chi connectivity index (χ2n) is 30.2. The Labute approximate surface area is 637 Å². The van der Waals surface area contributed by atoms with Crippen molar-refractivity contribution in [1.29, 1.82) is 0 Å². The summed E-state index contributed by atoms with van der Waals surface area (Å²) >= 11 is 0. The Kier molecular flexibility index (Phi) is 44.8. The van der Waals surface area contributed by atoms with Crippen LogP contribution in [0.3, 0.4) is 0 Å². The van der Waals surface area contributed by atoms with Gasteiger partial charge in [0.05, 0.1) is 31.2 Å². The van der Waals surface area contributed by atoms with Crippen LogP contribution in [0, 0.1) is 11.8 Å². The van der Waals surface area contributed by atoms with E-state index in [2.05, 4.69) is 152 Å². The summed E-state index contributed by atoms with van der Waals surface area (Å²) in [6, 6.07) is -7.34.